The van der Waals surface area contributed by atoms with Crippen molar-refractivity contribution in [2.45, 2.75) is 0 Å². The summed E-state index contributed by atoms with van der Waals surface area (Å²) in [6.07, 6.45) is 3.04. The lowest BCUT2D eigenvalue weighted by atomic mass is 10.2. The third-order valence-electron chi connectivity index (χ3n) is 3.68. The summed E-state index contributed by atoms with van der Waals surface area (Å²) in [6, 6.07) is 10.0. The Hall–Kier alpha value is -2.96. The Labute approximate surface area is 171 Å². The number of furan rings is 1. The van der Waals surface area contributed by atoms with Gasteiger partial charge in [0.05, 0.1) is 18.3 Å². The molecule has 0 radical (unpaired) electrons. The number of ether oxygens (including phenoxy) is 2. The van der Waals surface area contributed by atoms with Gasteiger partial charge in [-0.3, -0.25) is 4.79 Å². The van der Waals surface area contributed by atoms with Crippen molar-refractivity contribution >= 4 is 46.3 Å². The van der Waals surface area contributed by atoms with Gasteiger partial charge in [0.2, 0.25) is 0 Å². The normalized spacial score (nSPS) is 11.0. The summed E-state index contributed by atoms with van der Waals surface area (Å²) in [5, 5.41) is 5.57. The summed E-state index contributed by atoms with van der Waals surface area (Å²) in [4.78, 5) is 12.2. The van der Waals surface area contributed by atoms with Crippen LogP contribution in [0.4, 0.5) is 0 Å². The molecule has 1 N–H and O–H groups in total. The maximum Gasteiger partial charge on any atom is 0.307 e. The lowest BCUT2D eigenvalue weighted by Gasteiger charge is -2.11. The lowest BCUT2D eigenvalue weighted by molar-refractivity contribution is 0.0929. The summed E-state index contributed by atoms with van der Waals surface area (Å²) in [6.45, 7) is 3.89. The van der Waals surface area contributed by atoms with Crippen LogP contribution in [-0.2, 0) is 0 Å². The molecule has 0 saturated heterocycles. The number of amides is 1. The molecule has 0 aliphatic rings. The Morgan fingerprint density at radius 2 is 2.11 bits per heavy atom. The van der Waals surface area contributed by atoms with Gasteiger partial charge in [0.1, 0.15) is 12.2 Å². The molecule has 2 aromatic carbocycles. The van der Waals surface area contributed by atoms with Gasteiger partial charge in [0.25, 0.3) is 0 Å². The standard InChI is InChI=1S/C20H16Cl2N2O4/c1-3-6-27-19-15(22)7-12(8-17(19)26-2)11-23-24-20(25)18-10-13-9-14(21)4-5-16(13)28-18/h3-5,7-11H,1,6H2,2H3,(H,24,25)/b23-11+. The van der Waals surface area contributed by atoms with Crippen molar-refractivity contribution in [3.63, 3.8) is 0 Å². The largest absolute Gasteiger partial charge is 0.493 e. The molecule has 1 amide bonds. The van der Waals surface area contributed by atoms with Crippen LogP contribution in [0.2, 0.25) is 10.0 Å². The number of hydrogen-bond donors (Lipinski definition) is 1. The maximum atomic E-state index is 12.2. The first-order valence-corrected chi connectivity index (χ1v) is 8.91. The van der Waals surface area contributed by atoms with Gasteiger partial charge in [0, 0.05) is 10.4 Å². The number of methoxy groups -OCH3 is 1. The number of rotatable bonds is 7. The van der Waals surface area contributed by atoms with Gasteiger partial charge in [0.15, 0.2) is 17.3 Å². The molecular weight excluding hydrogens is 403 g/mol. The third-order valence-corrected chi connectivity index (χ3v) is 4.19. The molecular formula is C20H16Cl2N2O4. The zero-order chi connectivity index (χ0) is 20.1. The third kappa shape index (κ3) is 4.47. The number of fused-ring (bicyclic) bond motifs is 1. The smallest absolute Gasteiger partial charge is 0.307 e. The van der Waals surface area contributed by atoms with E-state index in [0.29, 0.717) is 39.3 Å². The van der Waals surface area contributed by atoms with E-state index in [9.17, 15) is 4.79 Å². The van der Waals surface area contributed by atoms with Gasteiger partial charge in [-0.1, -0.05) is 35.9 Å². The van der Waals surface area contributed by atoms with Gasteiger partial charge < -0.3 is 13.9 Å². The fourth-order valence-corrected chi connectivity index (χ4v) is 2.90. The number of halogens is 2. The molecule has 0 fully saturated rings. The molecule has 0 aliphatic heterocycles. The van der Waals surface area contributed by atoms with E-state index < -0.39 is 5.91 Å². The number of nitrogens with one attached hydrogen (secondary N) is 1. The van der Waals surface area contributed by atoms with Crippen LogP contribution in [-0.4, -0.2) is 25.8 Å². The van der Waals surface area contributed by atoms with Crippen LogP contribution in [0, 0.1) is 0 Å². The second kappa shape index (κ2) is 8.82. The Balaban J connectivity index is 1.73. The Kier molecular flexibility index (Phi) is 6.23. The Bertz CT molecular complexity index is 1060. The molecule has 0 spiro atoms. The molecule has 6 nitrogen and oxygen atoms in total. The van der Waals surface area contributed by atoms with E-state index in [2.05, 4.69) is 17.1 Å². The zero-order valence-electron chi connectivity index (χ0n) is 14.9. The van der Waals surface area contributed by atoms with E-state index in [1.807, 2.05) is 0 Å². The number of carbonyl (C=O) groups is 1. The maximum absolute atomic E-state index is 12.2. The van der Waals surface area contributed by atoms with Crippen LogP contribution in [0.15, 0.2) is 58.6 Å². The predicted molar refractivity (Wildman–Crippen MR) is 110 cm³/mol. The van der Waals surface area contributed by atoms with Crippen molar-refractivity contribution in [3.8, 4) is 11.5 Å². The van der Waals surface area contributed by atoms with Crippen LogP contribution in [0.25, 0.3) is 11.0 Å². The van der Waals surface area contributed by atoms with Crippen LogP contribution in [0.5, 0.6) is 11.5 Å². The highest BCUT2D eigenvalue weighted by Crippen LogP contribution is 2.36. The first-order valence-electron chi connectivity index (χ1n) is 8.15. The lowest BCUT2D eigenvalue weighted by Crippen LogP contribution is -2.16. The van der Waals surface area contributed by atoms with Gasteiger partial charge >= 0.3 is 5.91 Å². The van der Waals surface area contributed by atoms with Crippen molar-refractivity contribution in [2.24, 2.45) is 5.10 Å². The average Bonchev–Trinajstić information content (AvgIpc) is 3.10. The zero-order valence-corrected chi connectivity index (χ0v) is 16.4. The van der Waals surface area contributed by atoms with Crippen molar-refractivity contribution in [2.75, 3.05) is 13.7 Å². The molecule has 1 aromatic heterocycles. The predicted octanol–water partition coefficient (Wildman–Crippen LogP) is 5.08. The van der Waals surface area contributed by atoms with Gasteiger partial charge in [-0.05, 0) is 42.0 Å². The second-order valence-corrected chi connectivity index (χ2v) is 6.47. The van der Waals surface area contributed by atoms with Crippen LogP contribution in [0.1, 0.15) is 16.1 Å². The molecule has 0 atom stereocenters. The summed E-state index contributed by atoms with van der Waals surface area (Å²) in [7, 11) is 1.50. The first kappa shape index (κ1) is 19.8. The molecule has 3 rings (SSSR count). The van der Waals surface area contributed by atoms with Crippen molar-refractivity contribution in [1.29, 1.82) is 0 Å². The minimum absolute atomic E-state index is 0.123. The van der Waals surface area contributed by atoms with E-state index in [1.165, 1.54) is 13.3 Å². The van der Waals surface area contributed by atoms with Gasteiger partial charge in [-0.15, -0.1) is 0 Å². The van der Waals surface area contributed by atoms with Crippen LogP contribution >= 0.6 is 23.2 Å². The van der Waals surface area contributed by atoms with Gasteiger partial charge in [-0.25, -0.2) is 5.43 Å². The minimum Gasteiger partial charge on any atom is -0.493 e. The molecule has 28 heavy (non-hydrogen) atoms. The fourth-order valence-electron chi connectivity index (χ4n) is 2.44. The van der Waals surface area contributed by atoms with E-state index in [0.717, 1.165) is 5.39 Å². The molecule has 8 heteroatoms. The number of hydrogen-bond acceptors (Lipinski definition) is 5. The summed E-state index contributed by atoms with van der Waals surface area (Å²) < 4.78 is 16.3. The first-order chi connectivity index (χ1) is 13.5. The van der Waals surface area contributed by atoms with Gasteiger partial charge in [-0.2, -0.15) is 5.10 Å². The summed E-state index contributed by atoms with van der Waals surface area (Å²) in [5.41, 5.74) is 3.58. The molecule has 0 bridgehead atoms. The van der Waals surface area contributed by atoms with E-state index >= 15 is 0 Å². The average molecular weight is 419 g/mol. The second-order valence-electron chi connectivity index (χ2n) is 5.63. The van der Waals surface area contributed by atoms with E-state index in [4.69, 9.17) is 37.1 Å². The van der Waals surface area contributed by atoms with Crippen molar-refractivity contribution in [3.05, 3.63) is 70.4 Å². The highest BCUT2D eigenvalue weighted by molar-refractivity contribution is 6.32. The van der Waals surface area contributed by atoms with Crippen LogP contribution < -0.4 is 14.9 Å². The SMILES string of the molecule is C=CCOc1c(Cl)cc(/C=N/NC(=O)c2cc3cc(Cl)ccc3o2)cc1OC. The fraction of sp³-hybridized carbons (Fsp3) is 0.100. The summed E-state index contributed by atoms with van der Waals surface area (Å²) >= 11 is 12.2. The minimum atomic E-state index is -0.493. The number of hydrazone groups is 1. The molecule has 144 valence electrons. The topological polar surface area (TPSA) is 73.1 Å². The molecule has 0 saturated carbocycles. The molecule has 3 aromatic rings. The van der Waals surface area contributed by atoms with E-state index in [-0.39, 0.29) is 5.76 Å². The van der Waals surface area contributed by atoms with Crippen molar-refractivity contribution in [1.82, 2.24) is 5.43 Å². The summed E-state index contributed by atoms with van der Waals surface area (Å²) in [5.74, 6) is 0.480. The Morgan fingerprint density at radius 1 is 1.29 bits per heavy atom. The molecule has 0 unspecified atom stereocenters. The Morgan fingerprint density at radius 3 is 2.86 bits per heavy atom. The number of carbonyl (C=O) groups excluding carboxylic acids is 1. The van der Waals surface area contributed by atoms with Crippen LogP contribution in [0.3, 0.4) is 0 Å². The molecule has 1 heterocycles. The highest BCUT2D eigenvalue weighted by atomic mass is 35.5. The molecule has 0 aliphatic carbocycles. The number of nitrogens with zero attached hydrogens (tertiary/aromatic N) is 1. The quantitative estimate of drug-likeness (QED) is 0.330. The number of benzene rings is 2. The monoisotopic (exact) mass is 418 g/mol. The van der Waals surface area contributed by atoms with Crippen molar-refractivity contribution < 1.29 is 18.7 Å². The highest BCUT2D eigenvalue weighted by Gasteiger charge is 2.13. The van der Waals surface area contributed by atoms with E-state index in [1.54, 1.807) is 42.5 Å².